The Hall–Kier alpha value is 1.03. The second-order valence-corrected chi connectivity index (χ2v) is 3.00. The second-order valence-electron chi connectivity index (χ2n) is 3.00. The van der Waals surface area contributed by atoms with E-state index in [4.69, 9.17) is 11.5 Å². The van der Waals surface area contributed by atoms with E-state index in [1.807, 2.05) is 0 Å². The smallest absolute Gasteiger partial charge is 0.550 e. The van der Waals surface area contributed by atoms with Gasteiger partial charge in [0.15, 0.2) is 0 Å². The molecule has 112 valence electrons. The van der Waals surface area contributed by atoms with Crippen LogP contribution in [0.1, 0.15) is 15.7 Å². The van der Waals surface area contributed by atoms with Crippen LogP contribution in [0.5, 0.6) is 0 Å². The molecule has 0 bridgehead atoms. The van der Waals surface area contributed by atoms with E-state index in [1.54, 1.807) is 0 Å². The van der Waals surface area contributed by atoms with Crippen molar-refractivity contribution in [1.82, 2.24) is 0 Å². The second kappa shape index (κ2) is 19.1. The molecule has 0 heterocycles. The summed E-state index contributed by atoms with van der Waals surface area (Å²) in [6.45, 7) is 0. The summed E-state index contributed by atoms with van der Waals surface area (Å²) in [7, 11) is 0. The summed E-state index contributed by atoms with van der Waals surface area (Å²) >= 11 is 0. The van der Waals surface area contributed by atoms with Crippen LogP contribution in [0.3, 0.4) is 0 Å². The first-order valence-corrected chi connectivity index (χ1v) is 4.40. The predicted octanol–water partition coefficient (Wildman–Crippen LogP) is -14.2. The van der Waals surface area contributed by atoms with E-state index >= 15 is 0 Å². The molecular weight excluding hydrogens is 346 g/mol. The quantitative estimate of drug-likeness (QED) is 0.423. The summed E-state index contributed by atoms with van der Waals surface area (Å²) in [6.07, 6.45) is -1.41. The average molecular weight is 360 g/mol. The zero-order valence-corrected chi connectivity index (χ0v) is 17.7. The molecule has 2 atom stereocenters. The van der Waals surface area contributed by atoms with Gasteiger partial charge in [-0.2, -0.15) is 0 Å². The molecule has 2 unspecified atom stereocenters. The van der Waals surface area contributed by atoms with Crippen molar-refractivity contribution < 1.29 is 151 Å². The molecule has 21 heavy (non-hydrogen) atoms. The van der Waals surface area contributed by atoms with Gasteiger partial charge in [0.2, 0.25) is 0 Å². The Balaban J connectivity index is -0.0000000366. The first-order chi connectivity index (χ1) is 8.07. The SMILES string of the molecule is NC(CC(=O)[O-])C(=O)[O-].NC(CC(=O)[O-])C(=O)[O-].O.[H+].[H+].[K+].[K+]. The number of hydrogen-bond donors (Lipinski definition) is 2. The third-order valence-electron chi connectivity index (χ3n) is 1.38. The number of carbonyl (C=O) groups excluding carboxylic acids is 4. The van der Waals surface area contributed by atoms with Gasteiger partial charge in [-0.3, -0.25) is 0 Å². The van der Waals surface area contributed by atoms with Gasteiger partial charge >= 0.3 is 106 Å². The van der Waals surface area contributed by atoms with Crippen molar-refractivity contribution in [2.45, 2.75) is 24.9 Å². The maximum atomic E-state index is 9.71. The molecule has 0 aromatic heterocycles. The number of carboxylic acids is 4. The van der Waals surface area contributed by atoms with Crippen molar-refractivity contribution in [2.24, 2.45) is 11.5 Å². The Labute approximate surface area is 207 Å². The Morgan fingerprint density at radius 2 is 0.952 bits per heavy atom. The minimum Gasteiger partial charge on any atom is -0.550 e. The van der Waals surface area contributed by atoms with Gasteiger partial charge in [0.05, 0.1) is 11.9 Å². The van der Waals surface area contributed by atoms with Gasteiger partial charge < -0.3 is 56.5 Å². The molecule has 0 fully saturated rings. The largest absolute Gasteiger partial charge is 1.00 e. The van der Waals surface area contributed by atoms with Crippen LogP contribution in [0.2, 0.25) is 0 Å². The molecule has 0 rings (SSSR count). The molecule has 0 saturated heterocycles. The normalized spacial score (nSPS) is 10.8. The molecule has 0 radical (unpaired) electrons. The number of nitrogens with two attached hydrogens (primary N) is 2. The van der Waals surface area contributed by atoms with Gasteiger partial charge in [0, 0.05) is 36.9 Å². The van der Waals surface area contributed by atoms with Crippen molar-refractivity contribution in [2.75, 3.05) is 0 Å². The minimum atomic E-state index is -1.58. The molecule has 0 aromatic carbocycles. The number of rotatable bonds is 6. The van der Waals surface area contributed by atoms with E-state index < -0.39 is 48.8 Å². The Morgan fingerprint density at radius 3 is 1.00 bits per heavy atom. The number of hydrogen-bond acceptors (Lipinski definition) is 10. The molecule has 0 aliphatic carbocycles. The standard InChI is InChI=1S/2C4H7NO4.2K.H2O/c2*5-2(4(8)9)1-3(6)7;;;/h2*2H,1,5H2,(H,6,7)(H,8,9);;;1H2/q;;2*+1;/p-2. The molecule has 0 aromatic rings. The van der Waals surface area contributed by atoms with E-state index in [-0.39, 0.29) is 111 Å². The molecule has 6 N–H and O–H groups in total. The van der Waals surface area contributed by atoms with Crippen LogP contribution in [-0.2, 0) is 19.2 Å². The zero-order chi connectivity index (χ0) is 14.9. The number of carboxylic acid groups (broad SMARTS) is 4. The molecule has 0 aliphatic heterocycles. The maximum Gasteiger partial charge on any atom is 1.00 e. The van der Waals surface area contributed by atoms with E-state index in [9.17, 15) is 39.6 Å². The molecule has 0 aliphatic rings. The topological polar surface area (TPSA) is 244 Å². The fourth-order valence-corrected chi connectivity index (χ4v) is 0.526. The fraction of sp³-hybridized carbons (Fsp3) is 0.500. The van der Waals surface area contributed by atoms with E-state index in [1.165, 1.54) is 0 Å². The maximum absolute atomic E-state index is 9.71. The Bertz CT molecular complexity index is 318. The molecule has 0 saturated carbocycles. The van der Waals surface area contributed by atoms with Gasteiger partial charge in [0.1, 0.15) is 0 Å². The fourth-order valence-electron chi connectivity index (χ4n) is 0.526. The van der Waals surface area contributed by atoms with Gasteiger partial charge in [-0.05, 0) is 0 Å². The van der Waals surface area contributed by atoms with Crippen LogP contribution in [0.4, 0.5) is 0 Å². The van der Waals surface area contributed by atoms with Crippen molar-refractivity contribution in [3.8, 4) is 0 Å². The first-order valence-electron chi connectivity index (χ1n) is 4.40. The van der Waals surface area contributed by atoms with Crippen LogP contribution in [-0.4, -0.2) is 41.4 Å². The predicted molar refractivity (Wildman–Crippen MR) is 51.1 cm³/mol. The first kappa shape index (κ1) is 33.6. The monoisotopic (exact) mass is 360 g/mol. The zero-order valence-electron chi connectivity index (χ0n) is 13.5. The van der Waals surface area contributed by atoms with E-state index in [2.05, 4.69) is 0 Å². The van der Waals surface area contributed by atoms with E-state index in [0.717, 1.165) is 0 Å². The molecule has 0 amide bonds. The molecular formula is C8H14K2N2O9. The van der Waals surface area contributed by atoms with Gasteiger partial charge in [-0.25, -0.2) is 0 Å². The van der Waals surface area contributed by atoms with Crippen LogP contribution in [0.15, 0.2) is 0 Å². The van der Waals surface area contributed by atoms with Gasteiger partial charge in [-0.1, -0.05) is 0 Å². The minimum absolute atomic E-state index is 0. The Kier molecular flexibility index (Phi) is 30.5. The van der Waals surface area contributed by atoms with Crippen molar-refractivity contribution >= 4 is 23.9 Å². The summed E-state index contributed by atoms with van der Waals surface area (Å²) in [4.78, 5) is 38.7. The van der Waals surface area contributed by atoms with Crippen LogP contribution >= 0.6 is 0 Å². The van der Waals surface area contributed by atoms with Crippen LogP contribution in [0, 0.1) is 0 Å². The summed E-state index contributed by atoms with van der Waals surface area (Å²) in [5.41, 5.74) is 9.47. The van der Waals surface area contributed by atoms with Crippen molar-refractivity contribution in [3.63, 3.8) is 0 Å². The number of carbonyl (C=O) groups is 4. The average Bonchev–Trinajstić information content (AvgIpc) is 2.16. The summed E-state index contributed by atoms with van der Waals surface area (Å²) in [6, 6.07) is -2.93. The summed E-state index contributed by atoms with van der Waals surface area (Å²) < 4.78 is 0. The van der Waals surface area contributed by atoms with E-state index in [0.29, 0.717) is 0 Å². The van der Waals surface area contributed by atoms with Crippen LogP contribution in [0.25, 0.3) is 0 Å². The van der Waals surface area contributed by atoms with Gasteiger partial charge in [0.25, 0.3) is 0 Å². The number of aliphatic carboxylic acids is 4. The Morgan fingerprint density at radius 1 is 0.762 bits per heavy atom. The summed E-state index contributed by atoms with van der Waals surface area (Å²) in [5.74, 6) is -6.16. The molecule has 0 spiro atoms. The van der Waals surface area contributed by atoms with Gasteiger partial charge in [-0.15, -0.1) is 0 Å². The third kappa shape index (κ3) is 26.3. The molecule has 11 nitrogen and oxygen atoms in total. The molecule has 13 heteroatoms. The van der Waals surface area contributed by atoms with Crippen LogP contribution < -0.4 is 135 Å². The van der Waals surface area contributed by atoms with Crippen molar-refractivity contribution in [1.29, 1.82) is 0 Å². The van der Waals surface area contributed by atoms with Crippen molar-refractivity contribution in [3.05, 3.63) is 0 Å². The summed E-state index contributed by atoms with van der Waals surface area (Å²) in [5, 5.41) is 38.7. The third-order valence-corrected chi connectivity index (χ3v) is 1.38.